The maximum absolute atomic E-state index is 13.8. The van der Waals surface area contributed by atoms with Crippen LogP contribution in [0, 0.1) is 17.7 Å². The second-order valence-electron chi connectivity index (χ2n) is 6.96. The van der Waals surface area contributed by atoms with Crippen LogP contribution in [0.4, 0.5) is 13.2 Å². The number of aromatic nitrogens is 1. The quantitative estimate of drug-likeness (QED) is 0.281. The van der Waals surface area contributed by atoms with E-state index in [9.17, 15) is 13.2 Å². The molecule has 2 nitrogen and oxygen atoms in total. The molecule has 0 amide bonds. The van der Waals surface area contributed by atoms with Gasteiger partial charge in [0.2, 0.25) is 5.95 Å². The first-order valence-electron chi connectivity index (χ1n) is 9.93. The van der Waals surface area contributed by atoms with Gasteiger partial charge >= 0.3 is 0 Å². The lowest BCUT2D eigenvalue weighted by Gasteiger charge is -2.09. The van der Waals surface area contributed by atoms with Gasteiger partial charge in [-0.1, -0.05) is 69.0 Å². The highest BCUT2D eigenvalue weighted by atomic mass is 19.2. The molecule has 0 spiro atoms. The Bertz CT molecular complexity index is 924. The number of pyridine rings is 1. The second kappa shape index (κ2) is 10.1. The van der Waals surface area contributed by atoms with Crippen LogP contribution >= 0.6 is 0 Å². The number of unbranched alkanes of at least 4 members (excludes halogenated alkanes) is 4. The van der Waals surface area contributed by atoms with Gasteiger partial charge in [-0.05, 0) is 41.3 Å². The number of halogens is 3. The zero-order valence-electron chi connectivity index (χ0n) is 16.4. The molecule has 152 valence electrons. The van der Waals surface area contributed by atoms with E-state index in [0.717, 1.165) is 29.4 Å². The maximum atomic E-state index is 13.8. The van der Waals surface area contributed by atoms with Crippen molar-refractivity contribution in [3.05, 3.63) is 72.3 Å². The molecule has 5 heteroatoms. The zero-order chi connectivity index (χ0) is 20.6. The van der Waals surface area contributed by atoms with Crippen molar-refractivity contribution in [2.75, 3.05) is 6.61 Å². The first-order valence-corrected chi connectivity index (χ1v) is 9.93. The van der Waals surface area contributed by atoms with Crippen molar-refractivity contribution >= 4 is 0 Å². The van der Waals surface area contributed by atoms with E-state index in [1.54, 1.807) is 24.3 Å². The lowest BCUT2D eigenvalue weighted by atomic mass is 10.0. The van der Waals surface area contributed by atoms with Crippen LogP contribution < -0.4 is 4.74 Å². The summed E-state index contributed by atoms with van der Waals surface area (Å²) in [6, 6.07) is 15.5. The molecule has 29 heavy (non-hydrogen) atoms. The smallest absolute Gasteiger partial charge is 0.251 e. The molecule has 0 bridgehead atoms. The second-order valence-corrected chi connectivity index (χ2v) is 6.96. The van der Waals surface area contributed by atoms with Gasteiger partial charge in [0.25, 0.3) is 5.95 Å². The minimum absolute atomic E-state index is 0.0712. The molecule has 0 aliphatic heterocycles. The van der Waals surface area contributed by atoms with Crippen LogP contribution in [0.5, 0.6) is 5.75 Å². The molecule has 1 aromatic heterocycles. The monoisotopic (exact) mass is 399 g/mol. The number of nitrogens with zero attached hydrogens (tertiary/aromatic N) is 1. The summed E-state index contributed by atoms with van der Waals surface area (Å²) in [6.07, 6.45) is 5.99. The summed E-state index contributed by atoms with van der Waals surface area (Å²) in [5, 5.41) is 0. The summed E-state index contributed by atoms with van der Waals surface area (Å²) < 4.78 is 46.0. The molecular formula is C24H24F3NO. The van der Waals surface area contributed by atoms with Gasteiger partial charge in [0.05, 0.1) is 6.61 Å². The highest BCUT2D eigenvalue weighted by Crippen LogP contribution is 2.28. The van der Waals surface area contributed by atoms with Crippen LogP contribution in [0.1, 0.15) is 39.0 Å². The molecule has 0 radical (unpaired) electrons. The Morgan fingerprint density at radius 3 is 1.97 bits per heavy atom. The molecule has 0 saturated carbocycles. The Labute approximate surface area is 169 Å². The Morgan fingerprint density at radius 2 is 1.31 bits per heavy atom. The molecule has 0 fully saturated rings. The van der Waals surface area contributed by atoms with E-state index >= 15 is 0 Å². The van der Waals surface area contributed by atoms with Crippen molar-refractivity contribution in [1.82, 2.24) is 4.98 Å². The van der Waals surface area contributed by atoms with E-state index in [2.05, 4.69) is 11.9 Å². The molecule has 3 rings (SSSR count). The number of benzene rings is 2. The topological polar surface area (TPSA) is 22.1 Å². The number of rotatable bonds is 9. The number of ether oxygens (including phenoxy) is 1. The number of hydrogen-bond acceptors (Lipinski definition) is 2. The van der Waals surface area contributed by atoms with Gasteiger partial charge in [0.15, 0.2) is 5.82 Å². The lowest BCUT2D eigenvalue weighted by Crippen LogP contribution is -1.97. The highest BCUT2D eigenvalue weighted by Gasteiger charge is 2.13. The van der Waals surface area contributed by atoms with Crippen molar-refractivity contribution < 1.29 is 17.9 Å². The average Bonchev–Trinajstić information content (AvgIpc) is 2.74. The zero-order valence-corrected chi connectivity index (χ0v) is 16.4. The fraction of sp³-hybridized carbons (Fsp3) is 0.292. The molecule has 3 aromatic rings. The van der Waals surface area contributed by atoms with E-state index in [-0.39, 0.29) is 5.56 Å². The third kappa shape index (κ3) is 5.59. The van der Waals surface area contributed by atoms with Gasteiger partial charge in [0.1, 0.15) is 5.75 Å². The average molecular weight is 399 g/mol. The van der Waals surface area contributed by atoms with E-state index in [1.807, 2.05) is 24.3 Å². The Morgan fingerprint density at radius 1 is 0.724 bits per heavy atom. The van der Waals surface area contributed by atoms with Crippen molar-refractivity contribution in [3.63, 3.8) is 0 Å². The minimum atomic E-state index is -1.44. The molecule has 1 heterocycles. The van der Waals surface area contributed by atoms with Gasteiger partial charge in [-0.25, -0.2) is 4.39 Å². The lowest BCUT2D eigenvalue weighted by molar-refractivity contribution is 0.304. The largest absolute Gasteiger partial charge is 0.494 e. The van der Waals surface area contributed by atoms with Crippen molar-refractivity contribution in [1.29, 1.82) is 0 Å². The van der Waals surface area contributed by atoms with E-state index in [4.69, 9.17) is 4.74 Å². The predicted octanol–water partition coefficient (Wildman–Crippen LogP) is 7.18. The fourth-order valence-corrected chi connectivity index (χ4v) is 3.13. The Balaban J connectivity index is 1.62. The van der Waals surface area contributed by atoms with Gasteiger partial charge in [-0.3, -0.25) is 0 Å². The first kappa shape index (κ1) is 20.9. The Hall–Kier alpha value is -2.82. The van der Waals surface area contributed by atoms with Crippen molar-refractivity contribution in [3.8, 4) is 28.0 Å². The van der Waals surface area contributed by atoms with E-state index in [0.29, 0.717) is 12.2 Å². The van der Waals surface area contributed by atoms with Crippen LogP contribution in [0.25, 0.3) is 22.3 Å². The summed E-state index contributed by atoms with van der Waals surface area (Å²) in [6.45, 7) is 2.91. The summed E-state index contributed by atoms with van der Waals surface area (Å²) in [5.74, 6) is -2.82. The van der Waals surface area contributed by atoms with Crippen LogP contribution in [0.15, 0.2) is 54.6 Å². The van der Waals surface area contributed by atoms with E-state index < -0.39 is 17.7 Å². The van der Waals surface area contributed by atoms with Crippen molar-refractivity contribution in [2.45, 2.75) is 39.0 Å². The van der Waals surface area contributed by atoms with Gasteiger partial charge in [0, 0.05) is 5.56 Å². The Kier molecular flexibility index (Phi) is 7.28. The summed E-state index contributed by atoms with van der Waals surface area (Å²) in [4.78, 5) is 2.96. The van der Waals surface area contributed by atoms with Gasteiger partial charge < -0.3 is 4.74 Å². The fourth-order valence-electron chi connectivity index (χ4n) is 3.13. The van der Waals surface area contributed by atoms with Crippen LogP contribution in [-0.4, -0.2) is 11.6 Å². The normalized spacial score (nSPS) is 10.9. The summed E-state index contributed by atoms with van der Waals surface area (Å²) >= 11 is 0. The SMILES string of the molecule is CCCCCCCOc1ccc(-c2ccc(-c3cc(F)c(F)nc3F)cc2)cc1. The maximum Gasteiger partial charge on any atom is 0.251 e. The van der Waals surface area contributed by atoms with Gasteiger partial charge in [-0.15, -0.1) is 0 Å². The third-order valence-electron chi connectivity index (χ3n) is 4.79. The summed E-state index contributed by atoms with van der Waals surface area (Å²) in [7, 11) is 0. The minimum Gasteiger partial charge on any atom is -0.494 e. The highest BCUT2D eigenvalue weighted by molar-refractivity contribution is 5.70. The molecule has 0 aliphatic carbocycles. The predicted molar refractivity (Wildman–Crippen MR) is 109 cm³/mol. The molecule has 0 unspecified atom stereocenters. The first-order chi connectivity index (χ1) is 14.1. The van der Waals surface area contributed by atoms with Crippen LogP contribution in [0.3, 0.4) is 0 Å². The molecule has 0 atom stereocenters. The van der Waals surface area contributed by atoms with Crippen molar-refractivity contribution in [2.24, 2.45) is 0 Å². The summed E-state index contributed by atoms with van der Waals surface area (Å²) in [5.41, 5.74) is 2.27. The van der Waals surface area contributed by atoms with Crippen LogP contribution in [-0.2, 0) is 0 Å². The van der Waals surface area contributed by atoms with Crippen LogP contribution in [0.2, 0.25) is 0 Å². The molecule has 0 aliphatic rings. The third-order valence-corrected chi connectivity index (χ3v) is 4.79. The molecule has 2 aromatic carbocycles. The van der Waals surface area contributed by atoms with Gasteiger partial charge in [-0.2, -0.15) is 13.8 Å². The number of hydrogen-bond donors (Lipinski definition) is 0. The van der Waals surface area contributed by atoms with E-state index in [1.165, 1.54) is 25.7 Å². The molecule has 0 saturated heterocycles. The standard InChI is InChI=1S/C24H24F3NO/c1-2-3-4-5-6-15-29-20-13-11-18(12-14-20)17-7-9-19(10-8-17)21-16-22(25)24(27)28-23(21)26/h7-14,16H,2-6,15H2,1H3. The molecule has 0 N–H and O–H groups in total. The molecular weight excluding hydrogens is 375 g/mol.